The maximum atomic E-state index is 6.36. The van der Waals surface area contributed by atoms with Crippen molar-refractivity contribution < 1.29 is 0 Å². The highest BCUT2D eigenvalue weighted by molar-refractivity contribution is 6.30. The van der Waals surface area contributed by atoms with E-state index in [1.165, 1.54) is 6.42 Å². The van der Waals surface area contributed by atoms with Crippen LogP contribution in [0.2, 0.25) is 5.02 Å². The average molecular weight is 383 g/mol. The first kappa shape index (κ1) is 17.7. The minimum Gasteiger partial charge on any atom is -0.369 e. The molecule has 1 saturated carbocycles. The number of halogens is 1. The van der Waals surface area contributed by atoms with Crippen LogP contribution >= 0.6 is 11.6 Å². The molecule has 1 spiro atoms. The Morgan fingerprint density at radius 2 is 1.67 bits per heavy atom. The third-order valence-electron chi connectivity index (χ3n) is 5.12. The Labute approximate surface area is 163 Å². The fourth-order valence-electron chi connectivity index (χ4n) is 3.93. The number of nitrogens with two attached hydrogens (primary N) is 2. The van der Waals surface area contributed by atoms with E-state index in [1.807, 2.05) is 53.4 Å². The molecule has 6 nitrogen and oxygen atoms in total. The van der Waals surface area contributed by atoms with E-state index in [0.29, 0.717) is 11.0 Å². The summed E-state index contributed by atoms with van der Waals surface area (Å²) in [6, 6.07) is 15.6. The van der Waals surface area contributed by atoms with Crippen LogP contribution in [-0.4, -0.2) is 17.6 Å². The first-order chi connectivity index (χ1) is 13.1. The highest BCUT2D eigenvalue weighted by Crippen LogP contribution is 2.42. The first-order valence-electron chi connectivity index (χ1n) is 9.19. The summed E-state index contributed by atoms with van der Waals surface area (Å²) in [5.74, 6) is 0.642. The molecule has 0 amide bonds. The Balaban J connectivity index is 1.75. The van der Waals surface area contributed by atoms with E-state index in [4.69, 9.17) is 28.1 Å². The largest absolute Gasteiger partial charge is 0.369 e. The molecule has 0 aromatic heterocycles. The van der Waals surface area contributed by atoms with Crippen LogP contribution in [0.25, 0.3) is 0 Å². The van der Waals surface area contributed by atoms with Gasteiger partial charge in [0.1, 0.15) is 5.66 Å². The zero-order valence-electron chi connectivity index (χ0n) is 15.0. The van der Waals surface area contributed by atoms with Crippen molar-refractivity contribution >= 4 is 40.6 Å². The van der Waals surface area contributed by atoms with E-state index in [1.54, 1.807) is 0 Å². The predicted octanol–water partition coefficient (Wildman–Crippen LogP) is 4.19. The number of anilines is 3. The smallest absolute Gasteiger partial charge is 0.220 e. The van der Waals surface area contributed by atoms with Crippen molar-refractivity contribution in [2.75, 3.05) is 10.2 Å². The van der Waals surface area contributed by atoms with Crippen molar-refractivity contribution in [3.8, 4) is 0 Å². The van der Waals surface area contributed by atoms with Crippen LogP contribution in [0.1, 0.15) is 32.1 Å². The maximum Gasteiger partial charge on any atom is 0.220 e. The van der Waals surface area contributed by atoms with Gasteiger partial charge >= 0.3 is 0 Å². The number of nitrogens with zero attached hydrogens (tertiary/aromatic N) is 3. The zero-order valence-corrected chi connectivity index (χ0v) is 15.8. The van der Waals surface area contributed by atoms with Crippen molar-refractivity contribution in [1.82, 2.24) is 0 Å². The van der Waals surface area contributed by atoms with Crippen LogP contribution in [0, 0.1) is 0 Å². The van der Waals surface area contributed by atoms with Gasteiger partial charge in [0.25, 0.3) is 0 Å². The summed E-state index contributed by atoms with van der Waals surface area (Å²) in [6.07, 6.45) is 5.19. The molecule has 1 fully saturated rings. The van der Waals surface area contributed by atoms with E-state index in [-0.39, 0.29) is 5.96 Å². The molecule has 2 aromatic rings. The fraction of sp³-hybridized carbons (Fsp3) is 0.300. The van der Waals surface area contributed by atoms with E-state index in [0.717, 1.165) is 42.7 Å². The van der Waals surface area contributed by atoms with Gasteiger partial charge < -0.3 is 16.8 Å². The minimum absolute atomic E-state index is 0.258. The lowest BCUT2D eigenvalue weighted by Crippen LogP contribution is -2.58. The summed E-state index contributed by atoms with van der Waals surface area (Å²) >= 11 is 6.00. The Hall–Kier alpha value is -2.73. The number of hydrogen-bond donors (Lipinski definition) is 3. The lowest BCUT2D eigenvalue weighted by atomic mass is 9.87. The second-order valence-corrected chi connectivity index (χ2v) is 7.40. The van der Waals surface area contributed by atoms with Crippen molar-refractivity contribution in [3.05, 3.63) is 53.6 Å². The molecule has 140 valence electrons. The molecule has 27 heavy (non-hydrogen) atoms. The highest BCUT2D eigenvalue weighted by atomic mass is 35.5. The second-order valence-electron chi connectivity index (χ2n) is 6.97. The molecular weight excluding hydrogens is 360 g/mol. The topological polar surface area (TPSA) is 92.0 Å². The van der Waals surface area contributed by atoms with E-state index in [2.05, 4.69) is 10.3 Å². The van der Waals surface area contributed by atoms with Gasteiger partial charge in [-0.05, 0) is 62.1 Å². The number of aliphatic imine (C=N–C) groups is 2. The van der Waals surface area contributed by atoms with E-state index >= 15 is 0 Å². The molecule has 1 aliphatic heterocycles. The molecule has 2 aromatic carbocycles. The van der Waals surface area contributed by atoms with Gasteiger partial charge in [-0.15, -0.1) is 0 Å². The standard InChI is InChI=1S/C20H23ClN6/c21-14-8-10-15(11-9-14)24-16-6-2-3-7-17(16)27-19(23)25-18(22)26-20(27)12-4-1-5-13-20/h2-3,6-11,24H,1,4-5,12-13H2,(H4,22,23,25,26). The van der Waals surface area contributed by atoms with Gasteiger partial charge in [0.2, 0.25) is 11.9 Å². The molecular formula is C20H23ClN6. The third kappa shape index (κ3) is 3.45. The third-order valence-corrected chi connectivity index (χ3v) is 5.37. The number of nitrogens with one attached hydrogen (secondary N) is 1. The molecule has 0 atom stereocenters. The summed E-state index contributed by atoms with van der Waals surface area (Å²) in [6.45, 7) is 0. The summed E-state index contributed by atoms with van der Waals surface area (Å²) in [5.41, 5.74) is 14.7. The Kier molecular flexibility index (Phi) is 4.66. The molecule has 0 radical (unpaired) electrons. The highest BCUT2D eigenvalue weighted by Gasteiger charge is 2.43. The second kappa shape index (κ2) is 7.12. The van der Waals surface area contributed by atoms with Gasteiger partial charge in [-0.2, -0.15) is 4.99 Å². The predicted molar refractivity (Wildman–Crippen MR) is 113 cm³/mol. The molecule has 2 aliphatic rings. The van der Waals surface area contributed by atoms with Crippen LogP contribution in [0.5, 0.6) is 0 Å². The minimum atomic E-state index is -0.466. The number of benzene rings is 2. The summed E-state index contributed by atoms with van der Waals surface area (Å²) in [7, 11) is 0. The monoisotopic (exact) mass is 382 g/mol. The van der Waals surface area contributed by atoms with Crippen molar-refractivity contribution in [2.24, 2.45) is 21.5 Å². The number of hydrogen-bond acceptors (Lipinski definition) is 6. The molecule has 4 rings (SSSR count). The quantitative estimate of drug-likeness (QED) is 0.741. The van der Waals surface area contributed by atoms with Gasteiger partial charge in [-0.3, -0.25) is 4.90 Å². The van der Waals surface area contributed by atoms with Crippen molar-refractivity contribution in [3.63, 3.8) is 0 Å². The van der Waals surface area contributed by atoms with E-state index < -0.39 is 5.66 Å². The first-order valence-corrected chi connectivity index (χ1v) is 9.57. The van der Waals surface area contributed by atoms with Gasteiger partial charge in [0.05, 0.1) is 11.4 Å². The van der Waals surface area contributed by atoms with E-state index in [9.17, 15) is 0 Å². The summed E-state index contributed by atoms with van der Waals surface area (Å²) < 4.78 is 0. The normalized spacial score (nSPS) is 18.8. The molecule has 0 saturated heterocycles. The fourth-order valence-corrected chi connectivity index (χ4v) is 4.06. The molecule has 0 unspecified atom stereocenters. The Morgan fingerprint density at radius 1 is 0.963 bits per heavy atom. The van der Waals surface area contributed by atoms with Crippen molar-refractivity contribution in [2.45, 2.75) is 37.8 Å². The van der Waals surface area contributed by atoms with Crippen LogP contribution in [-0.2, 0) is 0 Å². The number of para-hydroxylation sites is 2. The molecule has 1 heterocycles. The Morgan fingerprint density at radius 3 is 2.41 bits per heavy atom. The van der Waals surface area contributed by atoms with Crippen LogP contribution in [0.15, 0.2) is 58.5 Å². The lowest BCUT2D eigenvalue weighted by molar-refractivity contribution is 0.306. The lowest BCUT2D eigenvalue weighted by Gasteiger charge is -2.46. The van der Waals surface area contributed by atoms with Gasteiger partial charge in [0, 0.05) is 10.7 Å². The number of guanidine groups is 2. The van der Waals surface area contributed by atoms with Gasteiger partial charge in [-0.1, -0.05) is 30.2 Å². The molecule has 5 N–H and O–H groups in total. The Bertz CT molecular complexity index is 884. The number of rotatable bonds is 3. The molecule has 1 aliphatic carbocycles. The summed E-state index contributed by atoms with van der Waals surface area (Å²) in [5, 5.41) is 4.16. The van der Waals surface area contributed by atoms with Crippen LogP contribution in [0.3, 0.4) is 0 Å². The molecule has 7 heteroatoms. The van der Waals surface area contributed by atoms with Crippen LogP contribution < -0.4 is 21.7 Å². The van der Waals surface area contributed by atoms with Gasteiger partial charge in [-0.25, -0.2) is 4.99 Å². The SMILES string of the molecule is NC1=NC2(CCCCC2)N(c2ccccc2Nc2ccc(Cl)cc2)C(N)=N1. The summed E-state index contributed by atoms with van der Waals surface area (Å²) in [4.78, 5) is 11.0. The average Bonchev–Trinajstić information content (AvgIpc) is 2.65. The maximum absolute atomic E-state index is 6.36. The zero-order chi connectivity index (χ0) is 18.9. The van der Waals surface area contributed by atoms with Crippen LogP contribution in [0.4, 0.5) is 17.1 Å². The molecule has 0 bridgehead atoms. The van der Waals surface area contributed by atoms with Gasteiger partial charge in [0.15, 0.2) is 0 Å². The van der Waals surface area contributed by atoms with Crippen molar-refractivity contribution in [1.29, 1.82) is 0 Å².